The quantitative estimate of drug-likeness (QED) is 0.796. The minimum atomic E-state index is -0.227. The lowest BCUT2D eigenvalue weighted by molar-refractivity contribution is 0.171. The van der Waals surface area contributed by atoms with Gasteiger partial charge in [0.1, 0.15) is 5.75 Å². The number of para-hydroxylation sites is 2. The number of aliphatic hydroxyl groups is 1. The standard InChI is InChI=1S/C12H17NO2/c1-15-12-8-3-2-5-10(12)13-9-6-4-7-11(9)14/h2-3,5,8-9,11,13-14H,4,6-7H2,1H3/t9-,11+/m0/s1. The van der Waals surface area contributed by atoms with Crippen LogP contribution in [0.4, 0.5) is 5.69 Å². The SMILES string of the molecule is COc1ccccc1N[C@H]1CCC[C@H]1O. The van der Waals surface area contributed by atoms with Gasteiger partial charge < -0.3 is 15.2 Å². The summed E-state index contributed by atoms with van der Waals surface area (Å²) in [6, 6.07) is 7.97. The fourth-order valence-corrected chi connectivity index (χ4v) is 2.07. The molecule has 0 unspecified atom stereocenters. The summed E-state index contributed by atoms with van der Waals surface area (Å²) >= 11 is 0. The molecule has 1 aliphatic carbocycles. The molecule has 2 N–H and O–H groups in total. The van der Waals surface area contributed by atoms with Crippen molar-refractivity contribution >= 4 is 5.69 Å². The van der Waals surface area contributed by atoms with Crippen molar-refractivity contribution in [1.82, 2.24) is 0 Å². The third kappa shape index (κ3) is 2.23. The number of aliphatic hydroxyl groups excluding tert-OH is 1. The first-order valence-electron chi connectivity index (χ1n) is 5.39. The van der Waals surface area contributed by atoms with Gasteiger partial charge in [-0.2, -0.15) is 0 Å². The van der Waals surface area contributed by atoms with Crippen LogP contribution in [-0.4, -0.2) is 24.4 Å². The lowest BCUT2D eigenvalue weighted by atomic mass is 10.2. The van der Waals surface area contributed by atoms with Crippen LogP contribution < -0.4 is 10.1 Å². The minimum absolute atomic E-state index is 0.168. The van der Waals surface area contributed by atoms with Crippen molar-refractivity contribution in [1.29, 1.82) is 0 Å². The van der Waals surface area contributed by atoms with E-state index in [4.69, 9.17) is 4.74 Å². The van der Waals surface area contributed by atoms with Gasteiger partial charge in [-0.25, -0.2) is 0 Å². The largest absolute Gasteiger partial charge is 0.495 e. The molecule has 82 valence electrons. The first kappa shape index (κ1) is 10.3. The summed E-state index contributed by atoms with van der Waals surface area (Å²) < 4.78 is 5.25. The van der Waals surface area contributed by atoms with Crippen LogP contribution in [0.1, 0.15) is 19.3 Å². The van der Waals surface area contributed by atoms with Crippen LogP contribution in [0.15, 0.2) is 24.3 Å². The first-order valence-corrected chi connectivity index (χ1v) is 5.39. The van der Waals surface area contributed by atoms with E-state index in [0.29, 0.717) is 0 Å². The van der Waals surface area contributed by atoms with Crippen molar-refractivity contribution in [3.8, 4) is 5.75 Å². The lowest BCUT2D eigenvalue weighted by Crippen LogP contribution is -2.28. The van der Waals surface area contributed by atoms with Gasteiger partial charge in [0.15, 0.2) is 0 Å². The summed E-state index contributed by atoms with van der Waals surface area (Å²) in [6.07, 6.45) is 2.79. The summed E-state index contributed by atoms with van der Waals surface area (Å²) in [6.45, 7) is 0. The number of nitrogens with one attached hydrogen (secondary N) is 1. The summed E-state index contributed by atoms with van der Waals surface area (Å²) in [5.41, 5.74) is 0.964. The molecule has 3 heteroatoms. The number of benzene rings is 1. The van der Waals surface area contributed by atoms with Gasteiger partial charge in [-0.15, -0.1) is 0 Å². The van der Waals surface area contributed by atoms with E-state index in [2.05, 4.69) is 5.32 Å². The Morgan fingerprint density at radius 1 is 1.33 bits per heavy atom. The van der Waals surface area contributed by atoms with Gasteiger partial charge >= 0.3 is 0 Å². The molecule has 15 heavy (non-hydrogen) atoms. The van der Waals surface area contributed by atoms with E-state index in [9.17, 15) is 5.11 Å². The van der Waals surface area contributed by atoms with Gasteiger partial charge in [-0.1, -0.05) is 12.1 Å². The van der Waals surface area contributed by atoms with Gasteiger partial charge in [0.25, 0.3) is 0 Å². The highest BCUT2D eigenvalue weighted by atomic mass is 16.5. The van der Waals surface area contributed by atoms with Gasteiger partial charge in [0.05, 0.1) is 24.9 Å². The summed E-state index contributed by atoms with van der Waals surface area (Å²) in [5.74, 6) is 0.830. The summed E-state index contributed by atoms with van der Waals surface area (Å²) in [4.78, 5) is 0. The van der Waals surface area contributed by atoms with Crippen molar-refractivity contribution in [3.05, 3.63) is 24.3 Å². The monoisotopic (exact) mass is 207 g/mol. The minimum Gasteiger partial charge on any atom is -0.495 e. The second kappa shape index (κ2) is 4.53. The zero-order valence-corrected chi connectivity index (χ0v) is 8.94. The van der Waals surface area contributed by atoms with E-state index >= 15 is 0 Å². The van der Waals surface area contributed by atoms with Crippen LogP contribution in [-0.2, 0) is 0 Å². The fourth-order valence-electron chi connectivity index (χ4n) is 2.07. The Labute approximate surface area is 90.1 Å². The Hall–Kier alpha value is -1.22. The maximum atomic E-state index is 9.71. The van der Waals surface area contributed by atoms with Crippen molar-refractivity contribution in [2.45, 2.75) is 31.4 Å². The average molecular weight is 207 g/mol. The van der Waals surface area contributed by atoms with Crippen LogP contribution in [0.5, 0.6) is 5.75 Å². The number of hydrogen-bond acceptors (Lipinski definition) is 3. The van der Waals surface area contributed by atoms with E-state index in [1.807, 2.05) is 24.3 Å². The molecule has 1 aromatic carbocycles. The fraction of sp³-hybridized carbons (Fsp3) is 0.500. The molecule has 1 aliphatic rings. The molecule has 0 saturated heterocycles. The molecule has 2 rings (SSSR count). The highest BCUT2D eigenvalue weighted by molar-refractivity contribution is 5.56. The average Bonchev–Trinajstić information content (AvgIpc) is 2.65. The zero-order valence-electron chi connectivity index (χ0n) is 8.94. The number of anilines is 1. The number of rotatable bonds is 3. The Kier molecular flexibility index (Phi) is 3.11. The maximum Gasteiger partial charge on any atom is 0.141 e. The second-order valence-corrected chi connectivity index (χ2v) is 3.95. The summed E-state index contributed by atoms with van der Waals surface area (Å²) in [7, 11) is 1.66. The highest BCUT2D eigenvalue weighted by Crippen LogP contribution is 2.28. The van der Waals surface area contributed by atoms with Gasteiger partial charge in [0.2, 0.25) is 0 Å². The van der Waals surface area contributed by atoms with Gasteiger partial charge in [0, 0.05) is 0 Å². The van der Waals surface area contributed by atoms with Crippen molar-refractivity contribution in [2.75, 3.05) is 12.4 Å². The van der Waals surface area contributed by atoms with Crippen molar-refractivity contribution in [2.24, 2.45) is 0 Å². The molecule has 0 aromatic heterocycles. The third-order valence-electron chi connectivity index (χ3n) is 2.93. The van der Waals surface area contributed by atoms with E-state index in [1.54, 1.807) is 7.11 Å². The van der Waals surface area contributed by atoms with Crippen LogP contribution >= 0.6 is 0 Å². The van der Waals surface area contributed by atoms with E-state index in [0.717, 1.165) is 30.7 Å². The smallest absolute Gasteiger partial charge is 0.141 e. The second-order valence-electron chi connectivity index (χ2n) is 3.95. The number of hydrogen-bond donors (Lipinski definition) is 2. The number of methoxy groups -OCH3 is 1. The molecule has 0 amide bonds. The Balaban J connectivity index is 2.09. The van der Waals surface area contributed by atoms with Crippen LogP contribution in [0.2, 0.25) is 0 Å². The van der Waals surface area contributed by atoms with E-state index in [-0.39, 0.29) is 12.1 Å². The maximum absolute atomic E-state index is 9.71. The highest BCUT2D eigenvalue weighted by Gasteiger charge is 2.25. The lowest BCUT2D eigenvalue weighted by Gasteiger charge is -2.19. The summed E-state index contributed by atoms with van der Waals surface area (Å²) in [5, 5.41) is 13.0. The van der Waals surface area contributed by atoms with E-state index in [1.165, 1.54) is 0 Å². The molecular formula is C12H17NO2. The molecule has 1 saturated carbocycles. The molecule has 0 bridgehead atoms. The Morgan fingerprint density at radius 2 is 2.13 bits per heavy atom. The van der Waals surface area contributed by atoms with Crippen LogP contribution in [0.25, 0.3) is 0 Å². The van der Waals surface area contributed by atoms with Crippen molar-refractivity contribution < 1.29 is 9.84 Å². The van der Waals surface area contributed by atoms with Crippen LogP contribution in [0, 0.1) is 0 Å². The first-order chi connectivity index (χ1) is 7.31. The predicted octanol–water partition coefficient (Wildman–Crippen LogP) is 2.02. The molecule has 2 atom stereocenters. The molecule has 0 spiro atoms. The molecule has 0 aliphatic heterocycles. The normalized spacial score (nSPS) is 25.2. The number of ether oxygens (including phenoxy) is 1. The third-order valence-corrected chi connectivity index (χ3v) is 2.93. The Morgan fingerprint density at radius 3 is 2.80 bits per heavy atom. The zero-order chi connectivity index (χ0) is 10.7. The molecule has 0 heterocycles. The Bertz CT molecular complexity index is 327. The van der Waals surface area contributed by atoms with Crippen LogP contribution in [0.3, 0.4) is 0 Å². The molecule has 3 nitrogen and oxygen atoms in total. The van der Waals surface area contributed by atoms with Gasteiger partial charge in [-0.3, -0.25) is 0 Å². The molecule has 0 radical (unpaired) electrons. The molecular weight excluding hydrogens is 190 g/mol. The van der Waals surface area contributed by atoms with Gasteiger partial charge in [-0.05, 0) is 31.4 Å². The van der Waals surface area contributed by atoms with E-state index < -0.39 is 0 Å². The predicted molar refractivity (Wildman–Crippen MR) is 60.3 cm³/mol. The molecule has 1 fully saturated rings. The topological polar surface area (TPSA) is 41.5 Å². The molecule has 1 aromatic rings. The van der Waals surface area contributed by atoms with Crippen molar-refractivity contribution in [3.63, 3.8) is 0 Å².